The minimum atomic E-state index is -0.910. The number of nitrogens with zero attached hydrogens (tertiary/aromatic N) is 1. The van der Waals surface area contributed by atoms with E-state index in [0.717, 1.165) is 19.3 Å². The number of aliphatic carboxylic acids is 1. The van der Waals surface area contributed by atoms with E-state index in [2.05, 4.69) is 10.6 Å². The van der Waals surface area contributed by atoms with Crippen LogP contribution < -0.4 is 10.6 Å². The topological polar surface area (TPSA) is 98.7 Å². The fourth-order valence-corrected chi connectivity index (χ4v) is 2.19. The Kier molecular flexibility index (Phi) is 6.27. The molecule has 7 heteroatoms. The summed E-state index contributed by atoms with van der Waals surface area (Å²) in [6, 6.07) is -1.18. The molecule has 0 bridgehead atoms. The van der Waals surface area contributed by atoms with E-state index in [1.807, 2.05) is 0 Å². The van der Waals surface area contributed by atoms with E-state index >= 15 is 0 Å². The lowest BCUT2D eigenvalue weighted by molar-refractivity contribution is -0.143. The number of likely N-dealkylation sites (tertiary alicyclic amines) is 1. The number of hydrogen-bond acceptors (Lipinski definition) is 4. The minimum Gasteiger partial charge on any atom is -0.480 e. The zero-order chi connectivity index (χ0) is 14.3. The molecule has 0 aromatic carbocycles. The highest BCUT2D eigenvalue weighted by molar-refractivity contribution is 5.95. The lowest BCUT2D eigenvalue weighted by atomic mass is 10.1. The Bertz CT molecular complexity index is 346. The van der Waals surface area contributed by atoms with Crippen LogP contribution in [0, 0.1) is 0 Å². The summed E-state index contributed by atoms with van der Waals surface area (Å²) >= 11 is 0. The quantitative estimate of drug-likeness (QED) is 0.676. The third-order valence-corrected chi connectivity index (χ3v) is 3.09. The standard InChI is InChI=1S/C12H21N3O4/c1-2-13-12(19)14-10(16)8-15-7-5-3-4-6-9(15)11(17)18/h9H,2-8H2,1H3,(H,17,18)(H2,13,14,16,19). The van der Waals surface area contributed by atoms with E-state index in [9.17, 15) is 14.4 Å². The molecule has 1 unspecified atom stereocenters. The highest BCUT2D eigenvalue weighted by Gasteiger charge is 2.28. The summed E-state index contributed by atoms with van der Waals surface area (Å²) in [7, 11) is 0. The number of hydrogen-bond donors (Lipinski definition) is 3. The number of carbonyl (C=O) groups is 3. The molecule has 0 aliphatic carbocycles. The maximum atomic E-state index is 11.7. The lowest BCUT2D eigenvalue weighted by Gasteiger charge is -2.25. The molecule has 0 aromatic heterocycles. The van der Waals surface area contributed by atoms with Crippen molar-refractivity contribution in [3.8, 4) is 0 Å². The maximum Gasteiger partial charge on any atom is 0.321 e. The van der Waals surface area contributed by atoms with Crippen LogP contribution in [0.5, 0.6) is 0 Å². The molecule has 0 spiro atoms. The number of carboxylic acids is 1. The predicted octanol–water partition coefficient (Wildman–Crippen LogP) is 0.161. The third kappa shape index (κ3) is 5.25. The summed E-state index contributed by atoms with van der Waals surface area (Å²) < 4.78 is 0. The van der Waals surface area contributed by atoms with Crippen molar-refractivity contribution in [3.63, 3.8) is 0 Å². The van der Waals surface area contributed by atoms with Crippen molar-refractivity contribution in [3.05, 3.63) is 0 Å². The highest BCUT2D eigenvalue weighted by Crippen LogP contribution is 2.16. The van der Waals surface area contributed by atoms with Crippen molar-refractivity contribution in [2.45, 2.75) is 38.6 Å². The highest BCUT2D eigenvalue weighted by atomic mass is 16.4. The van der Waals surface area contributed by atoms with Gasteiger partial charge < -0.3 is 10.4 Å². The fourth-order valence-electron chi connectivity index (χ4n) is 2.19. The summed E-state index contributed by atoms with van der Waals surface area (Å²) in [5.41, 5.74) is 0. The average Bonchev–Trinajstić information content (AvgIpc) is 2.54. The Morgan fingerprint density at radius 1 is 1.26 bits per heavy atom. The van der Waals surface area contributed by atoms with E-state index in [1.54, 1.807) is 11.8 Å². The molecule has 1 aliphatic rings. The molecule has 1 heterocycles. The van der Waals surface area contributed by atoms with Crippen LogP contribution in [0.2, 0.25) is 0 Å². The van der Waals surface area contributed by atoms with Crippen LogP contribution >= 0.6 is 0 Å². The fraction of sp³-hybridized carbons (Fsp3) is 0.750. The summed E-state index contributed by atoms with van der Waals surface area (Å²) in [4.78, 5) is 35.7. The molecule has 108 valence electrons. The molecule has 0 aromatic rings. The predicted molar refractivity (Wildman–Crippen MR) is 68.7 cm³/mol. The average molecular weight is 271 g/mol. The molecule has 7 nitrogen and oxygen atoms in total. The number of carbonyl (C=O) groups excluding carboxylic acids is 2. The van der Waals surface area contributed by atoms with Crippen LogP contribution in [0.15, 0.2) is 0 Å². The van der Waals surface area contributed by atoms with Gasteiger partial charge in [0, 0.05) is 6.54 Å². The van der Waals surface area contributed by atoms with Crippen LogP contribution in [0.1, 0.15) is 32.6 Å². The van der Waals surface area contributed by atoms with E-state index < -0.39 is 23.9 Å². The van der Waals surface area contributed by atoms with Gasteiger partial charge in [0.2, 0.25) is 5.91 Å². The van der Waals surface area contributed by atoms with Gasteiger partial charge in [-0.2, -0.15) is 0 Å². The van der Waals surface area contributed by atoms with Crippen LogP contribution in [-0.4, -0.2) is 53.6 Å². The smallest absolute Gasteiger partial charge is 0.321 e. The summed E-state index contributed by atoms with van der Waals surface area (Å²) in [5.74, 6) is -1.38. The molecule has 0 saturated carbocycles. The summed E-state index contributed by atoms with van der Waals surface area (Å²) in [6.07, 6.45) is 3.24. The molecular weight excluding hydrogens is 250 g/mol. The Hall–Kier alpha value is -1.63. The Labute approximate surface area is 112 Å². The molecule has 3 amide bonds. The number of carboxylic acid groups (broad SMARTS) is 1. The number of amides is 3. The maximum absolute atomic E-state index is 11.7. The van der Waals surface area contributed by atoms with Gasteiger partial charge in [-0.05, 0) is 26.3 Å². The summed E-state index contributed by atoms with van der Waals surface area (Å²) in [6.45, 7) is 2.69. The molecular formula is C12H21N3O4. The molecule has 3 N–H and O–H groups in total. The van der Waals surface area contributed by atoms with Gasteiger partial charge in [0.1, 0.15) is 6.04 Å². The van der Waals surface area contributed by atoms with Gasteiger partial charge in [-0.1, -0.05) is 12.8 Å². The van der Waals surface area contributed by atoms with Gasteiger partial charge in [0.15, 0.2) is 0 Å². The van der Waals surface area contributed by atoms with Crippen molar-refractivity contribution in [2.75, 3.05) is 19.6 Å². The normalized spacial score (nSPS) is 20.4. The first-order chi connectivity index (χ1) is 9.04. The van der Waals surface area contributed by atoms with Crippen LogP contribution in [0.4, 0.5) is 4.79 Å². The molecule has 1 fully saturated rings. The van der Waals surface area contributed by atoms with Crippen molar-refractivity contribution < 1.29 is 19.5 Å². The number of nitrogens with one attached hydrogen (secondary N) is 2. The number of imide groups is 1. The number of urea groups is 1. The van der Waals surface area contributed by atoms with E-state index in [1.165, 1.54) is 0 Å². The first-order valence-corrected chi connectivity index (χ1v) is 6.59. The summed E-state index contributed by atoms with van der Waals surface area (Å²) in [5, 5.41) is 13.8. The largest absolute Gasteiger partial charge is 0.480 e. The molecule has 1 aliphatic heterocycles. The van der Waals surface area contributed by atoms with E-state index in [-0.39, 0.29) is 6.54 Å². The second-order valence-electron chi connectivity index (χ2n) is 4.58. The monoisotopic (exact) mass is 271 g/mol. The zero-order valence-electron chi connectivity index (χ0n) is 11.1. The molecule has 1 saturated heterocycles. The second kappa shape index (κ2) is 7.73. The molecule has 19 heavy (non-hydrogen) atoms. The van der Waals surface area contributed by atoms with Crippen molar-refractivity contribution in [1.82, 2.24) is 15.5 Å². The first kappa shape index (κ1) is 15.4. The van der Waals surface area contributed by atoms with Crippen molar-refractivity contribution in [2.24, 2.45) is 0 Å². The van der Waals surface area contributed by atoms with Gasteiger partial charge in [0.25, 0.3) is 0 Å². The first-order valence-electron chi connectivity index (χ1n) is 6.59. The Morgan fingerprint density at radius 2 is 2.00 bits per heavy atom. The third-order valence-electron chi connectivity index (χ3n) is 3.09. The lowest BCUT2D eigenvalue weighted by Crippen LogP contribution is -2.49. The number of rotatable bonds is 4. The SMILES string of the molecule is CCNC(=O)NC(=O)CN1CCCCCC1C(=O)O. The van der Waals surface area contributed by atoms with Gasteiger partial charge in [-0.25, -0.2) is 4.79 Å². The van der Waals surface area contributed by atoms with Gasteiger partial charge in [0.05, 0.1) is 6.54 Å². The van der Waals surface area contributed by atoms with Gasteiger partial charge >= 0.3 is 12.0 Å². The van der Waals surface area contributed by atoms with Crippen LogP contribution in [0.3, 0.4) is 0 Å². The van der Waals surface area contributed by atoms with Gasteiger partial charge in [-0.3, -0.25) is 19.8 Å². The van der Waals surface area contributed by atoms with E-state index in [0.29, 0.717) is 19.5 Å². The van der Waals surface area contributed by atoms with Crippen LogP contribution in [-0.2, 0) is 9.59 Å². The molecule has 0 radical (unpaired) electrons. The van der Waals surface area contributed by atoms with Crippen LogP contribution in [0.25, 0.3) is 0 Å². The second-order valence-corrected chi connectivity index (χ2v) is 4.58. The molecule has 1 rings (SSSR count). The zero-order valence-corrected chi connectivity index (χ0v) is 11.1. The molecule has 1 atom stereocenters. The van der Waals surface area contributed by atoms with Crippen molar-refractivity contribution in [1.29, 1.82) is 0 Å². The van der Waals surface area contributed by atoms with E-state index in [4.69, 9.17) is 5.11 Å². The van der Waals surface area contributed by atoms with Crippen molar-refractivity contribution >= 4 is 17.9 Å². The van der Waals surface area contributed by atoms with Gasteiger partial charge in [-0.15, -0.1) is 0 Å². The Balaban J connectivity index is 2.53. The minimum absolute atomic E-state index is 0.0614. The Morgan fingerprint density at radius 3 is 2.63 bits per heavy atom.